The van der Waals surface area contributed by atoms with Crippen molar-refractivity contribution in [2.75, 3.05) is 0 Å². The van der Waals surface area contributed by atoms with Crippen LogP contribution < -0.4 is 0 Å². The monoisotopic (exact) mass is 203 g/mol. The molecule has 1 aromatic rings. The average Bonchev–Trinajstić information content (AvgIpc) is 2.56. The molecule has 0 radical (unpaired) electrons. The van der Waals surface area contributed by atoms with Gasteiger partial charge in [0, 0.05) is 12.5 Å². The Balaban J connectivity index is 2.27. The molecule has 0 fully saturated rings. The van der Waals surface area contributed by atoms with E-state index in [0.717, 1.165) is 6.54 Å². The Morgan fingerprint density at radius 1 is 1.40 bits per heavy atom. The molecule has 80 valence electrons. The van der Waals surface area contributed by atoms with E-state index in [2.05, 4.69) is 19.1 Å². The van der Waals surface area contributed by atoms with Gasteiger partial charge in [0.05, 0.1) is 6.04 Å². The molecule has 0 aliphatic carbocycles. The standard InChI is InChI=1S/C13H17NO/c1-9(2)13(15)14-8-11-6-4-5-7-12(11)10(14)3/h4-7,9-10H,8H2,1-3H3/t10-/m1/s1. The summed E-state index contributed by atoms with van der Waals surface area (Å²) in [7, 11) is 0. The van der Waals surface area contributed by atoms with Crippen LogP contribution in [0.2, 0.25) is 0 Å². The van der Waals surface area contributed by atoms with Crippen molar-refractivity contribution in [1.29, 1.82) is 0 Å². The summed E-state index contributed by atoms with van der Waals surface area (Å²) < 4.78 is 0. The number of benzene rings is 1. The van der Waals surface area contributed by atoms with Gasteiger partial charge in [-0.2, -0.15) is 0 Å². The van der Waals surface area contributed by atoms with Crippen molar-refractivity contribution in [1.82, 2.24) is 4.90 Å². The van der Waals surface area contributed by atoms with E-state index in [4.69, 9.17) is 0 Å². The lowest BCUT2D eigenvalue weighted by Crippen LogP contribution is -2.31. The molecule has 1 atom stereocenters. The first-order chi connectivity index (χ1) is 7.11. The smallest absolute Gasteiger partial charge is 0.225 e. The van der Waals surface area contributed by atoms with E-state index in [1.807, 2.05) is 30.9 Å². The summed E-state index contributed by atoms with van der Waals surface area (Å²) in [5, 5.41) is 0. The van der Waals surface area contributed by atoms with Crippen LogP contribution in [0.5, 0.6) is 0 Å². The predicted octanol–water partition coefficient (Wildman–Crippen LogP) is 2.75. The molecule has 0 saturated heterocycles. The molecule has 1 aliphatic rings. The van der Waals surface area contributed by atoms with Gasteiger partial charge in [-0.25, -0.2) is 0 Å². The first-order valence-corrected chi connectivity index (χ1v) is 5.49. The molecule has 0 unspecified atom stereocenters. The van der Waals surface area contributed by atoms with Crippen LogP contribution in [0.15, 0.2) is 24.3 Å². The summed E-state index contributed by atoms with van der Waals surface area (Å²) >= 11 is 0. The molecule has 0 saturated carbocycles. The van der Waals surface area contributed by atoms with Crippen molar-refractivity contribution >= 4 is 5.91 Å². The van der Waals surface area contributed by atoms with Crippen LogP contribution in [0.1, 0.15) is 37.9 Å². The van der Waals surface area contributed by atoms with Crippen LogP contribution in [0.25, 0.3) is 0 Å². The summed E-state index contributed by atoms with van der Waals surface area (Å²) in [6.45, 7) is 6.79. The molecule has 1 aliphatic heterocycles. The van der Waals surface area contributed by atoms with Gasteiger partial charge in [0.1, 0.15) is 0 Å². The van der Waals surface area contributed by atoms with Crippen LogP contribution in [0.4, 0.5) is 0 Å². The quantitative estimate of drug-likeness (QED) is 0.687. The van der Waals surface area contributed by atoms with Gasteiger partial charge in [-0.05, 0) is 18.1 Å². The fourth-order valence-corrected chi connectivity index (χ4v) is 2.17. The normalized spacial score (nSPS) is 19.5. The third-order valence-corrected chi connectivity index (χ3v) is 3.09. The Morgan fingerprint density at radius 3 is 2.67 bits per heavy atom. The molecule has 2 heteroatoms. The zero-order valence-corrected chi connectivity index (χ0v) is 9.53. The zero-order valence-electron chi connectivity index (χ0n) is 9.53. The van der Waals surface area contributed by atoms with E-state index in [0.29, 0.717) is 0 Å². The highest BCUT2D eigenvalue weighted by atomic mass is 16.2. The molecule has 1 heterocycles. The van der Waals surface area contributed by atoms with Gasteiger partial charge in [0.2, 0.25) is 5.91 Å². The molecule has 0 aromatic heterocycles. The minimum Gasteiger partial charge on any atom is -0.331 e. The maximum atomic E-state index is 11.9. The second-order valence-corrected chi connectivity index (χ2v) is 4.50. The largest absolute Gasteiger partial charge is 0.331 e. The minimum atomic E-state index is 0.0850. The van der Waals surface area contributed by atoms with Gasteiger partial charge in [-0.15, -0.1) is 0 Å². The number of carbonyl (C=O) groups is 1. The first kappa shape index (κ1) is 10.2. The lowest BCUT2D eigenvalue weighted by atomic mass is 10.1. The van der Waals surface area contributed by atoms with Crippen LogP contribution in [0.3, 0.4) is 0 Å². The fraction of sp³-hybridized carbons (Fsp3) is 0.462. The highest BCUT2D eigenvalue weighted by molar-refractivity contribution is 5.79. The fourth-order valence-electron chi connectivity index (χ4n) is 2.17. The second kappa shape index (κ2) is 3.69. The van der Waals surface area contributed by atoms with Gasteiger partial charge >= 0.3 is 0 Å². The van der Waals surface area contributed by atoms with Crippen molar-refractivity contribution in [2.45, 2.75) is 33.4 Å². The molecular weight excluding hydrogens is 186 g/mol. The Labute approximate surface area is 90.9 Å². The number of hydrogen-bond donors (Lipinski definition) is 0. The van der Waals surface area contributed by atoms with Gasteiger partial charge in [0.25, 0.3) is 0 Å². The molecule has 0 bridgehead atoms. The van der Waals surface area contributed by atoms with Crippen molar-refractivity contribution in [2.24, 2.45) is 5.92 Å². The molecule has 0 spiro atoms. The topological polar surface area (TPSA) is 20.3 Å². The van der Waals surface area contributed by atoms with E-state index in [9.17, 15) is 4.79 Å². The number of carbonyl (C=O) groups excluding carboxylic acids is 1. The molecule has 15 heavy (non-hydrogen) atoms. The van der Waals surface area contributed by atoms with Crippen LogP contribution in [-0.2, 0) is 11.3 Å². The maximum absolute atomic E-state index is 11.9. The van der Waals surface area contributed by atoms with Crippen molar-refractivity contribution in [3.63, 3.8) is 0 Å². The summed E-state index contributed by atoms with van der Waals surface area (Å²) in [6.07, 6.45) is 0. The highest BCUT2D eigenvalue weighted by Crippen LogP contribution is 2.33. The molecule has 1 aromatic carbocycles. The first-order valence-electron chi connectivity index (χ1n) is 5.49. The lowest BCUT2D eigenvalue weighted by molar-refractivity contribution is -0.136. The zero-order chi connectivity index (χ0) is 11.0. The summed E-state index contributed by atoms with van der Waals surface area (Å²) in [6, 6.07) is 8.54. The number of amides is 1. The van der Waals surface area contributed by atoms with Crippen molar-refractivity contribution in [3.05, 3.63) is 35.4 Å². The van der Waals surface area contributed by atoms with Crippen LogP contribution >= 0.6 is 0 Å². The summed E-state index contributed by atoms with van der Waals surface area (Å²) in [5.74, 6) is 0.334. The van der Waals surface area contributed by atoms with Crippen LogP contribution in [-0.4, -0.2) is 10.8 Å². The van der Waals surface area contributed by atoms with Gasteiger partial charge < -0.3 is 4.90 Å². The van der Waals surface area contributed by atoms with Crippen molar-refractivity contribution in [3.8, 4) is 0 Å². The molecule has 2 nitrogen and oxygen atoms in total. The third kappa shape index (κ3) is 1.65. The Kier molecular flexibility index (Phi) is 2.51. The predicted molar refractivity (Wildman–Crippen MR) is 60.2 cm³/mol. The van der Waals surface area contributed by atoms with E-state index in [-0.39, 0.29) is 17.9 Å². The van der Waals surface area contributed by atoms with Gasteiger partial charge in [-0.3, -0.25) is 4.79 Å². The van der Waals surface area contributed by atoms with E-state index < -0.39 is 0 Å². The van der Waals surface area contributed by atoms with Crippen molar-refractivity contribution < 1.29 is 4.79 Å². The Bertz CT molecular complexity index is 384. The second-order valence-electron chi connectivity index (χ2n) is 4.50. The molecule has 1 amide bonds. The van der Waals surface area contributed by atoms with E-state index in [1.54, 1.807) is 0 Å². The highest BCUT2D eigenvalue weighted by Gasteiger charge is 2.30. The number of hydrogen-bond acceptors (Lipinski definition) is 1. The summed E-state index contributed by atoms with van der Waals surface area (Å²) in [4.78, 5) is 13.9. The summed E-state index contributed by atoms with van der Waals surface area (Å²) in [5.41, 5.74) is 2.59. The molecule has 2 rings (SSSR count). The Hall–Kier alpha value is -1.31. The minimum absolute atomic E-state index is 0.0850. The number of nitrogens with zero attached hydrogens (tertiary/aromatic N) is 1. The molecular formula is C13H17NO. The molecule has 0 N–H and O–H groups in total. The van der Waals surface area contributed by atoms with Gasteiger partial charge in [-0.1, -0.05) is 38.1 Å². The van der Waals surface area contributed by atoms with E-state index in [1.165, 1.54) is 11.1 Å². The van der Waals surface area contributed by atoms with E-state index >= 15 is 0 Å². The average molecular weight is 203 g/mol. The maximum Gasteiger partial charge on any atom is 0.225 e. The number of rotatable bonds is 1. The Morgan fingerprint density at radius 2 is 2.07 bits per heavy atom. The van der Waals surface area contributed by atoms with Crippen LogP contribution in [0, 0.1) is 5.92 Å². The lowest BCUT2D eigenvalue weighted by Gasteiger charge is -2.23. The third-order valence-electron chi connectivity index (χ3n) is 3.09. The SMILES string of the molecule is CC(C)C(=O)N1Cc2ccccc2[C@H]1C. The number of fused-ring (bicyclic) bond motifs is 1. The van der Waals surface area contributed by atoms with Gasteiger partial charge in [0.15, 0.2) is 0 Å².